The molecule has 1 saturated carbocycles. The van der Waals surface area contributed by atoms with E-state index in [1.807, 2.05) is 0 Å². The van der Waals surface area contributed by atoms with Crippen molar-refractivity contribution in [3.8, 4) is 0 Å². The molecule has 2 heterocycles. The van der Waals surface area contributed by atoms with Gasteiger partial charge in [-0.05, 0) is 19.4 Å². The number of likely N-dealkylation sites (N-methyl/N-ethyl adjacent to an activating group) is 1. The topological polar surface area (TPSA) is 71.2 Å². The van der Waals surface area contributed by atoms with E-state index in [1.165, 1.54) is 4.88 Å². The number of hydrogen-bond donors (Lipinski definition) is 2. The summed E-state index contributed by atoms with van der Waals surface area (Å²) in [6, 6.07) is 0. The number of nitrogens with one attached hydrogen (secondary N) is 1. The van der Waals surface area contributed by atoms with Crippen molar-refractivity contribution < 1.29 is 4.79 Å². The van der Waals surface area contributed by atoms with Crippen LogP contribution in [0.3, 0.4) is 0 Å². The van der Waals surface area contributed by atoms with E-state index in [0.29, 0.717) is 5.13 Å². The maximum absolute atomic E-state index is 11.8. The molecule has 0 atom stereocenters. The fraction of sp³-hybridized carbons (Fsp3) is 0.667. The average molecular weight is 339 g/mol. The summed E-state index contributed by atoms with van der Waals surface area (Å²) in [5, 5.41) is 3.57. The fourth-order valence-electron chi connectivity index (χ4n) is 2.16. The normalized spacial score (nSPS) is 19.3. The van der Waals surface area contributed by atoms with Crippen LogP contribution in [0.5, 0.6) is 0 Å². The van der Waals surface area contributed by atoms with Crippen molar-refractivity contribution in [2.45, 2.75) is 38.3 Å². The Balaban J connectivity index is 0.000001000. The van der Waals surface area contributed by atoms with Crippen molar-refractivity contribution in [3.05, 3.63) is 10.6 Å². The number of aromatic nitrogens is 1. The molecule has 1 aromatic rings. The zero-order valence-corrected chi connectivity index (χ0v) is 13.8. The number of nitrogens with two attached hydrogens (primary N) is 1. The van der Waals surface area contributed by atoms with Gasteiger partial charge in [-0.2, -0.15) is 0 Å². The Morgan fingerprint density at radius 3 is 2.80 bits per heavy atom. The maximum Gasteiger partial charge on any atom is 0.246 e. The van der Waals surface area contributed by atoms with E-state index in [-0.39, 0.29) is 30.7 Å². The van der Waals surface area contributed by atoms with Crippen molar-refractivity contribution in [1.82, 2.24) is 9.88 Å². The van der Waals surface area contributed by atoms with Crippen LogP contribution in [0, 0.1) is 0 Å². The van der Waals surface area contributed by atoms with Crippen molar-refractivity contribution in [3.63, 3.8) is 0 Å². The van der Waals surface area contributed by atoms with Crippen LogP contribution in [0.2, 0.25) is 0 Å². The van der Waals surface area contributed by atoms with Gasteiger partial charge < -0.3 is 11.1 Å². The van der Waals surface area contributed by atoms with Crippen LogP contribution >= 0.6 is 36.2 Å². The predicted molar refractivity (Wildman–Crippen MR) is 86.0 cm³/mol. The largest absolute Gasteiger partial charge is 0.317 e. The number of halogens is 2. The van der Waals surface area contributed by atoms with E-state index >= 15 is 0 Å². The molecular formula is C12H20Cl2N4OS. The van der Waals surface area contributed by atoms with E-state index in [1.54, 1.807) is 11.3 Å². The second kappa shape index (κ2) is 6.58. The zero-order valence-electron chi connectivity index (χ0n) is 11.3. The summed E-state index contributed by atoms with van der Waals surface area (Å²) in [6.45, 7) is 5.24. The lowest BCUT2D eigenvalue weighted by molar-refractivity contribution is -0.118. The van der Waals surface area contributed by atoms with Gasteiger partial charge in [0.2, 0.25) is 5.91 Å². The van der Waals surface area contributed by atoms with Crippen LogP contribution < -0.4 is 11.1 Å². The highest BCUT2D eigenvalue weighted by Gasteiger charge is 2.46. The summed E-state index contributed by atoms with van der Waals surface area (Å²) in [5.41, 5.74) is 6.38. The first kappa shape index (κ1) is 17.7. The van der Waals surface area contributed by atoms with Crippen LogP contribution in [-0.2, 0) is 17.8 Å². The van der Waals surface area contributed by atoms with E-state index in [9.17, 15) is 4.79 Å². The van der Waals surface area contributed by atoms with Gasteiger partial charge in [-0.3, -0.25) is 9.69 Å². The fourth-order valence-corrected chi connectivity index (χ4v) is 3.20. The number of carbonyl (C=O) groups excluding carboxylic acids is 1. The second-order valence-corrected chi connectivity index (χ2v) is 6.20. The molecule has 5 nitrogen and oxygen atoms in total. The van der Waals surface area contributed by atoms with Crippen LogP contribution in [0.4, 0.5) is 5.13 Å². The minimum Gasteiger partial charge on any atom is -0.317 e. The van der Waals surface area contributed by atoms with E-state index in [2.05, 4.69) is 22.1 Å². The minimum absolute atomic E-state index is 0. The molecule has 3 rings (SSSR count). The highest BCUT2D eigenvalue weighted by atomic mass is 35.5. The summed E-state index contributed by atoms with van der Waals surface area (Å²) in [4.78, 5) is 20.0. The third-order valence-electron chi connectivity index (χ3n) is 3.72. The lowest BCUT2D eigenvalue weighted by Gasteiger charge is -2.23. The van der Waals surface area contributed by atoms with Crippen LogP contribution in [-0.4, -0.2) is 34.4 Å². The lowest BCUT2D eigenvalue weighted by Crippen LogP contribution is -2.37. The number of rotatable bonds is 3. The van der Waals surface area contributed by atoms with Crippen LogP contribution in [0.15, 0.2) is 0 Å². The average Bonchev–Trinajstić information content (AvgIpc) is 2.99. The SMILES string of the molecule is CCN1CCc2nc(NC(=O)C3(N)CC3)sc2C1.Cl.Cl. The number of nitrogens with zero attached hydrogens (tertiary/aromatic N) is 2. The van der Waals surface area contributed by atoms with E-state index in [0.717, 1.165) is 44.6 Å². The Hall–Kier alpha value is -0.400. The zero-order chi connectivity index (χ0) is 12.8. The first-order chi connectivity index (χ1) is 8.60. The second-order valence-electron chi connectivity index (χ2n) is 5.12. The molecule has 1 aliphatic heterocycles. The smallest absolute Gasteiger partial charge is 0.246 e. The van der Waals surface area contributed by atoms with Gasteiger partial charge in [0.1, 0.15) is 0 Å². The van der Waals surface area contributed by atoms with Crippen LogP contribution in [0.1, 0.15) is 30.3 Å². The molecule has 1 aliphatic carbocycles. The molecule has 0 bridgehead atoms. The van der Waals surface area contributed by atoms with Gasteiger partial charge in [0, 0.05) is 24.4 Å². The van der Waals surface area contributed by atoms with Gasteiger partial charge in [0.25, 0.3) is 0 Å². The molecule has 0 saturated heterocycles. The lowest BCUT2D eigenvalue weighted by atomic mass is 10.2. The van der Waals surface area contributed by atoms with E-state index < -0.39 is 5.54 Å². The molecule has 1 fully saturated rings. The molecule has 3 N–H and O–H groups in total. The number of amides is 1. The van der Waals surface area contributed by atoms with Crippen molar-refractivity contribution >= 4 is 47.2 Å². The predicted octanol–water partition coefficient (Wildman–Crippen LogP) is 1.79. The number of thiazole rings is 1. The Labute approximate surface area is 135 Å². The van der Waals surface area contributed by atoms with Gasteiger partial charge in [-0.25, -0.2) is 4.98 Å². The van der Waals surface area contributed by atoms with Crippen molar-refractivity contribution in [1.29, 1.82) is 0 Å². The standard InChI is InChI=1S/C12H18N4OS.2ClH/c1-2-16-6-3-8-9(7-16)18-11(14-8)15-10(17)12(13)4-5-12;;/h2-7,13H2,1H3,(H,14,15,17);2*1H. The van der Waals surface area contributed by atoms with Crippen molar-refractivity contribution in [2.75, 3.05) is 18.4 Å². The quantitative estimate of drug-likeness (QED) is 0.881. The highest BCUT2D eigenvalue weighted by molar-refractivity contribution is 7.15. The van der Waals surface area contributed by atoms with Gasteiger partial charge in [0.05, 0.1) is 11.2 Å². The molecule has 0 aromatic carbocycles. The van der Waals surface area contributed by atoms with Gasteiger partial charge >= 0.3 is 0 Å². The first-order valence-corrected chi connectivity index (χ1v) is 7.23. The Kier molecular flexibility index (Phi) is 5.80. The van der Waals surface area contributed by atoms with Gasteiger partial charge in [0.15, 0.2) is 5.13 Å². The Morgan fingerprint density at radius 2 is 2.20 bits per heavy atom. The molecular weight excluding hydrogens is 319 g/mol. The molecule has 0 radical (unpaired) electrons. The summed E-state index contributed by atoms with van der Waals surface area (Å²) in [5.74, 6) is -0.0825. The Bertz CT molecular complexity index is 490. The third kappa shape index (κ3) is 3.43. The molecule has 1 aromatic heterocycles. The monoisotopic (exact) mass is 338 g/mol. The molecule has 0 spiro atoms. The van der Waals surface area contributed by atoms with Crippen LogP contribution in [0.25, 0.3) is 0 Å². The highest BCUT2D eigenvalue weighted by Crippen LogP contribution is 2.34. The summed E-state index contributed by atoms with van der Waals surface area (Å²) in [7, 11) is 0. The number of fused-ring (bicyclic) bond motifs is 1. The summed E-state index contributed by atoms with van der Waals surface area (Å²) in [6.07, 6.45) is 2.55. The van der Waals surface area contributed by atoms with Gasteiger partial charge in [-0.1, -0.05) is 6.92 Å². The number of carbonyl (C=O) groups is 1. The summed E-state index contributed by atoms with van der Waals surface area (Å²) >= 11 is 1.59. The first-order valence-electron chi connectivity index (χ1n) is 6.42. The number of hydrogen-bond acceptors (Lipinski definition) is 5. The maximum atomic E-state index is 11.8. The molecule has 20 heavy (non-hydrogen) atoms. The molecule has 8 heteroatoms. The summed E-state index contributed by atoms with van der Waals surface area (Å²) < 4.78 is 0. The molecule has 2 aliphatic rings. The molecule has 0 unspecified atom stereocenters. The minimum atomic E-state index is -0.623. The number of anilines is 1. The Morgan fingerprint density at radius 1 is 1.50 bits per heavy atom. The molecule has 1 amide bonds. The van der Waals surface area contributed by atoms with Crippen molar-refractivity contribution in [2.24, 2.45) is 5.73 Å². The third-order valence-corrected chi connectivity index (χ3v) is 4.72. The van der Waals surface area contributed by atoms with Gasteiger partial charge in [-0.15, -0.1) is 36.2 Å². The van der Waals surface area contributed by atoms with E-state index in [4.69, 9.17) is 5.73 Å². The molecule has 114 valence electrons.